The Morgan fingerprint density at radius 3 is 2.34 bits per heavy atom. The standard InChI is InChI=1S/C31H44ClN3O6/c1-29(2,3)24(33-23(36)15-19-11-8-7-9-12-19)25(37)34-18-31(17-22(34)26(38)39)27(30(4,5)6)35(28(40)41-31)21-14-10-13-20(32)16-21/h10,13-14,16,19,22,24,27H,7-9,11-12,15,17-18H2,1-6H3,(H,33,36)(H,38,39)/t22-,24+,27?,31+/m0/s1. The van der Waals surface area contributed by atoms with Crippen LogP contribution in [0.2, 0.25) is 5.02 Å². The molecule has 2 aliphatic heterocycles. The van der Waals surface area contributed by atoms with Crippen LogP contribution in [-0.4, -0.2) is 64.2 Å². The lowest BCUT2D eigenvalue weighted by Gasteiger charge is -2.40. The fraction of sp³-hybridized carbons (Fsp3) is 0.677. The minimum Gasteiger partial charge on any atom is -0.480 e. The number of ether oxygens (including phenoxy) is 1. The normalized spacial score (nSPS) is 26.3. The van der Waals surface area contributed by atoms with Crippen molar-refractivity contribution < 1.29 is 29.0 Å². The molecule has 3 fully saturated rings. The van der Waals surface area contributed by atoms with E-state index in [2.05, 4.69) is 5.32 Å². The maximum absolute atomic E-state index is 14.2. The molecule has 1 aromatic rings. The monoisotopic (exact) mass is 589 g/mol. The van der Waals surface area contributed by atoms with Gasteiger partial charge in [0.15, 0.2) is 5.60 Å². The first-order valence-electron chi connectivity index (χ1n) is 14.6. The van der Waals surface area contributed by atoms with Crippen LogP contribution >= 0.6 is 11.6 Å². The number of hydrogen-bond donors (Lipinski definition) is 2. The Bertz CT molecular complexity index is 1190. The minimum atomic E-state index is -1.27. The van der Waals surface area contributed by atoms with Crippen LogP contribution in [0.3, 0.4) is 0 Å². The highest BCUT2D eigenvalue weighted by molar-refractivity contribution is 6.30. The lowest BCUT2D eigenvalue weighted by molar-refractivity contribution is -0.150. The van der Waals surface area contributed by atoms with Gasteiger partial charge in [-0.1, -0.05) is 78.5 Å². The van der Waals surface area contributed by atoms with Gasteiger partial charge in [0.2, 0.25) is 11.8 Å². The Balaban J connectivity index is 1.65. The van der Waals surface area contributed by atoms with E-state index in [0.29, 0.717) is 23.0 Å². The van der Waals surface area contributed by atoms with Gasteiger partial charge in [0.25, 0.3) is 0 Å². The number of carbonyl (C=O) groups is 4. The largest absolute Gasteiger partial charge is 0.480 e. The zero-order valence-electron chi connectivity index (χ0n) is 25.0. The number of nitrogens with zero attached hydrogens (tertiary/aromatic N) is 2. The van der Waals surface area contributed by atoms with Crippen molar-refractivity contribution in [3.63, 3.8) is 0 Å². The Morgan fingerprint density at radius 1 is 1.12 bits per heavy atom. The summed E-state index contributed by atoms with van der Waals surface area (Å²) in [6.45, 7) is 11.3. The second-order valence-corrected chi connectivity index (χ2v) is 14.6. The van der Waals surface area contributed by atoms with Crippen LogP contribution in [0.15, 0.2) is 24.3 Å². The first kappa shape index (κ1) is 31.1. The summed E-state index contributed by atoms with van der Waals surface area (Å²) in [4.78, 5) is 56.2. The number of amides is 3. The predicted molar refractivity (Wildman–Crippen MR) is 157 cm³/mol. The molecule has 2 N–H and O–H groups in total. The maximum Gasteiger partial charge on any atom is 0.415 e. The van der Waals surface area contributed by atoms with E-state index in [0.717, 1.165) is 25.7 Å². The molecule has 0 radical (unpaired) electrons. The van der Waals surface area contributed by atoms with E-state index < -0.39 is 52.5 Å². The molecular formula is C31H44ClN3O6. The molecule has 1 saturated carbocycles. The van der Waals surface area contributed by atoms with Crippen LogP contribution in [0.1, 0.15) is 86.5 Å². The number of aliphatic carboxylic acids is 1. The Labute approximate surface area is 247 Å². The Hall–Kier alpha value is -2.81. The molecule has 9 nitrogen and oxygen atoms in total. The molecule has 4 atom stereocenters. The molecule has 4 rings (SSSR count). The SMILES string of the molecule is CC(C)(C)C1N(c2cccc(Cl)c2)C(=O)O[C@@]12C[C@@H](C(=O)O)N(C(=O)[C@@H](NC(=O)CC1CCCCC1)C(C)(C)C)C2. The average molecular weight is 590 g/mol. The molecule has 1 aromatic carbocycles. The van der Waals surface area contributed by atoms with Crippen molar-refractivity contribution >= 4 is 41.2 Å². The third-order valence-corrected chi connectivity index (χ3v) is 8.92. The molecule has 0 aromatic heterocycles. The highest BCUT2D eigenvalue weighted by Gasteiger charge is 2.65. The molecule has 1 unspecified atom stereocenters. The average Bonchev–Trinajstić information content (AvgIpc) is 3.39. The third-order valence-electron chi connectivity index (χ3n) is 8.69. The molecule has 41 heavy (non-hydrogen) atoms. The van der Waals surface area contributed by atoms with Gasteiger partial charge in [-0.3, -0.25) is 14.5 Å². The first-order valence-corrected chi connectivity index (χ1v) is 15.0. The maximum atomic E-state index is 14.2. The molecule has 1 aliphatic carbocycles. The molecular weight excluding hydrogens is 546 g/mol. The number of carboxylic acid groups (broad SMARTS) is 1. The summed E-state index contributed by atoms with van der Waals surface area (Å²) in [5.74, 6) is -1.56. The second-order valence-electron chi connectivity index (χ2n) is 14.2. The molecule has 3 aliphatic rings. The van der Waals surface area contributed by atoms with Gasteiger partial charge in [-0.05, 0) is 47.8 Å². The van der Waals surface area contributed by atoms with Crippen LogP contribution in [0.4, 0.5) is 10.5 Å². The van der Waals surface area contributed by atoms with E-state index in [1.54, 1.807) is 24.3 Å². The van der Waals surface area contributed by atoms with Gasteiger partial charge in [-0.15, -0.1) is 0 Å². The van der Waals surface area contributed by atoms with Gasteiger partial charge in [0.05, 0.1) is 12.6 Å². The second kappa shape index (κ2) is 11.5. The lowest BCUT2D eigenvalue weighted by Crippen LogP contribution is -2.58. The lowest BCUT2D eigenvalue weighted by atomic mass is 9.74. The molecule has 3 amide bonds. The molecule has 226 valence electrons. The minimum absolute atomic E-state index is 0.0638. The van der Waals surface area contributed by atoms with Crippen molar-refractivity contribution in [1.82, 2.24) is 10.2 Å². The number of carboxylic acids is 1. The molecule has 2 saturated heterocycles. The number of anilines is 1. The molecule has 2 heterocycles. The molecule has 10 heteroatoms. The van der Waals surface area contributed by atoms with Crippen LogP contribution in [0.25, 0.3) is 0 Å². The number of rotatable bonds is 6. The highest BCUT2D eigenvalue weighted by Crippen LogP contribution is 2.49. The highest BCUT2D eigenvalue weighted by atomic mass is 35.5. The summed E-state index contributed by atoms with van der Waals surface area (Å²) in [5.41, 5.74) is -1.96. The van der Waals surface area contributed by atoms with Crippen LogP contribution < -0.4 is 10.2 Å². The van der Waals surface area contributed by atoms with Gasteiger partial charge in [-0.2, -0.15) is 0 Å². The predicted octanol–water partition coefficient (Wildman–Crippen LogP) is 5.64. The van der Waals surface area contributed by atoms with Crippen molar-refractivity contribution in [3.8, 4) is 0 Å². The smallest absolute Gasteiger partial charge is 0.415 e. The van der Waals surface area contributed by atoms with Crippen LogP contribution in [0.5, 0.6) is 0 Å². The number of hydrogen-bond acceptors (Lipinski definition) is 5. The molecule has 1 spiro atoms. The number of nitrogens with one attached hydrogen (secondary N) is 1. The van der Waals surface area contributed by atoms with E-state index in [4.69, 9.17) is 16.3 Å². The van der Waals surface area contributed by atoms with Crippen molar-refractivity contribution in [2.75, 3.05) is 11.4 Å². The van der Waals surface area contributed by atoms with Crippen LogP contribution in [0, 0.1) is 16.7 Å². The zero-order chi connectivity index (χ0) is 30.3. The van der Waals surface area contributed by atoms with E-state index in [9.17, 15) is 24.3 Å². The number of likely N-dealkylation sites (tertiary alicyclic amines) is 1. The number of benzene rings is 1. The molecule has 0 bridgehead atoms. The summed E-state index contributed by atoms with van der Waals surface area (Å²) < 4.78 is 6.06. The number of carbonyl (C=O) groups excluding carboxylic acids is 3. The van der Waals surface area contributed by atoms with E-state index in [1.165, 1.54) is 16.2 Å². The van der Waals surface area contributed by atoms with E-state index in [1.807, 2.05) is 41.5 Å². The quantitative estimate of drug-likeness (QED) is 0.444. The van der Waals surface area contributed by atoms with E-state index in [-0.39, 0.29) is 18.9 Å². The first-order chi connectivity index (χ1) is 19.0. The van der Waals surface area contributed by atoms with Crippen molar-refractivity contribution in [2.45, 2.75) is 110 Å². The fourth-order valence-corrected chi connectivity index (χ4v) is 7.17. The summed E-state index contributed by atoms with van der Waals surface area (Å²) >= 11 is 6.25. The van der Waals surface area contributed by atoms with Gasteiger partial charge < -0.3 is 20.1 Å². The van der Waals surface area contributed by atoms with Crippen molar-refractivity contribution in [3.05, 3.63) is 29.3 Å². The summed E-state index contributed by atoms with van der Waals surface area (Å²) in [6, 6.07) is 4.13. The van der Waals surface area contributed by atoms with Gasteiger partial charge in [0.1, 0.15) is 12.1 Å². The Kier molecular flexibility index (Phi) is 8.70. The van der Waals surface area contributed by atoms with Gasteiger partial charge >= 0.3 is 12.1 Å². The Morgan fingerprint density at radius 2 is 1.78 bits per heavy atom. The summed E-state index contributed by atoms with van der Waals surface area (Å²) in [6.07, 6.45) is 5.07. The van der Waals surface area contributed by atoms with Gasteiger partial charge in [0, 0.05) is 23.6 Å². The van der Waals surface area contributed by atoms with Crippen molar-refractivity contribution in [2.24, 2.45) is 16.7 Å². The third kappa shape index (κ3) is 6.50. The van der Waals surface area contributed by atoms with Crippen molar-refractivity contribution in [1.29, 1.82) is 0 Å². The summed E-state index contributed by atoms with van der Waals surface area (Å²) in [5, 5.41) is 13.7. The zero-order valence-corrected chi connectivity index (χ0v) is 25.8. The number of halogens is 1. The summed E-state index contributed by atoms with van der Waals surface area (Å²) in [7, 11) is 0. The fourth-order valence-electron chi connectivity index (χ4n) is 6.99. The van der Waals surface area contributed by atoms with Gasteiger partial charge in [-0.25, -0.2) is 9.59 Å². The van der Waals surface area contributed by atoms with Crippen LogP contribution in [-0.2, 0) is 19.1 Å². The topological polar surface area (TPSA) is 116 Å². The van der Waals surface area contributed by atoms with E-state index >= 15 is 0 Å².